The van der Waals surface area contributed by atoms with E-state index < -0.39 is 39.5 Å². The molecule has 0 fully saturated rings. The van der Waals surface area contributed by atoms with E-state index in [0.29, 0.717) is 38.5 Å². The van der Waals surface area contributed by atoms with Crippen molar-refractivity contribution >= 4 is 17.7 Å². The van der Waals surface area contributed by atoms with Gasteiger partial charge in [-0.15, -0.1) is 0 Å². The number of aliphatic hydroxyl groups is 3. The predicted molar refractivity (Wildman–Crippen MR) is 277 cm³/mol. The van der Waals surface area contributed by atoms with Gasteiger partial charge in [-0.2, -0.15) is 0 Å². The lowest BCUT2D eigenvalue weighted by molar-refractivity contribution is 0.0927. The molecule has 0 aliphatic heterocycles. The Bertz CT molecular complexity index is 2630. The van der Waals surface area contributed by atoms with Crippen LogP contribution >= 0.6 is 0 Å². The molecule has 3 amide bonds. The normalized spacial score (nSPS) is 11.2. The zero-order valence-corrected chi connectivity index (χ0v) is 41.3. The first kappa shape index (κ1) is 55.5. The summed E-state index contributed by atoms with van der Waals surface area (Å²) in [6.45, 7) is -0.313. The Kier molecular flexibility index (Phi) is 21.3. The standard InChI is InChI=1S/C55H65N7O12/c56-55(22-10-25-57-52(69)46-49(43(66)19-28-60(46)31-34-63)72-37-40-13-4-1-5-14-40,23-11-26-58-53(70)47-50(44(67)20-29-61(47)32-35-64)73-38-41-15-6-2-7-16-41)24-12-27-59-54(71)48-51(45(68)21-30-62(48)33-36-65)74-39-42-17-8-3-9-18-42/h1-9,13-21,28-30,63-65H,10-12,22-27,31-39,56H2,(H,57,69)(H,58,70)(H,59,71). The highest BCUT2D eigenvalue weighted by atomic mass is 16.5. The van der Waals surface area contributed by atoms with Crippen molar-refractivity contribution in [1.82, 2.24) is 29.7 Å². The fourth-order valence-corrected chi connectivity index (χ4v) is 8.41. The molecule has 6 aromatic rings. The number of hydrogen-bond acceptors (Lipinski definition) is 13. The maximum atomic E-state index is 13.8. The van der Waals surface area contributed by atoms with Gasteiger partial charge in [0.2, 0.25) is 16.3 Å². The molecule has 392 valence electrons. The summed E-state index contributed by atoms with van der Waals surface area (Å²) in [5, 5.41) is 38.1. The molecule has 0 bridgehead atoms. The van der Waals surface area contributed by atoms with E-state index in [1.54, 1.807) is 0 Å². The Hall–Kier alpha value is -7.84. The van der Waals surface area contributed by atoms with Gasteiger partial charge in [0.1, 0.15) is 19.8 Å². The van der Waals surface area contributed by atoms with Crippen molar-refractivity contribution in [2.45, 2.75) is 83.5 Å². The van der Waals surface area contributed by atoms with Gasteiger partial charge in [-0.05, 0) is 55.2 Å². The minimum absolute atomic E-state index is 0.0291. The largest absolute Gasteiger partial charge is 0.483 e. The summed E-state index contributed by atoms with van der Waals surface area (Å²) >= 11 is 0. The molecule has 0 saturated heterocycles. The quantitative estimate of drug-likeness (QED) is 0.0319. The number of aliphatic hydroxyl groups excluding tert-OH is 3. The number of nitrogens with two attached hydrogens (primary N) is 1. The van der Waals surface area contributed by atoms with E-state index in [2.05, 4.69) is 16.0 Å². The molecule has 3 heterocycles. The monoisotopic (exact) mass is 1020 g/mol. The maximum Gasteiger partial charge on any atom is 0.271 e. The number of hydrogen-bond donors (Lipinski definition) is 7. The lowest BCUT2D eigenvalue weighted by atomic mass is 9.84. The van der Waals surface area contributed by atoms with E-state index in [1.807, 2.05) is 91.0 Å². The summed E-state index contributed by atoms with van der Waals surface area (Å²) in [6, 6.07) is 31.3. The fourth-order valence-electron chi connectivity index (χ4n) is 8.41. The molecule has 74 heavy (non-hydrogen) atoms. The first-order valence-corrected chi connectivity index (χ1v) is 24.6. The smallest absolute Gasteiger partial charge is 0.271 e. The summed E-state index contributed by atoms with van der Waals surface area (Å²) in [5.74, 6) is -2.24. The number of pyridine rings is 3. The van der Waals surface area contributed by atoms with Gasteiger partial charge in [0.15, 0.2) is 34.3 Å². The number of benzene rings is 3. The van der Waals surface area contributed by atoms with Crippen LogP contribution in [0.3, 0.4) is 0 Å². The molecule has 0 aliphatic carbocycles. The van der Waals surface area contributed by atoms with E-state index in [4.69, 9.17) is 19.9 Å². The van der Waals surface area contributed by atoms with E-state index in [0.717, 1.165) is 16.7 Å². The molecule has 0 aliphatic rings. The van der Waals surface area contributed by atoms with Crippen LogP contribution in [0.5, 0.6) is 17.2 Å². The number of rotatable bonds is 30. The molecule has 19 nitrogen and oxygen atoms in total. The molecule has 0 saturated carbocycles. The number of aromatic nitrogens is 3. The fraction of sp³-hybridized carbons (Fsp3) is 0.345. The van der Waals surface area contributed by atoms with Gasteiger partial charge in [0.25, 0.3) is 17.7 Å². The molecule has 19 heteroatoms. The molecule has 0 radical (unpaired) electrons. The highest BCUT2D eigenvalue weighted by Gasteiger charge is 2.27. The van der Waals surface area contributed by atoms with Crippen LogP contribution < -0.4 is 52.2 Å². The second-order valence-corrected chi connectivity index (χ2v) is 17.6. The Balaban J connectivity index is 1.15. The lowest BCUT2D eigenvalue weighted by Gasteiger charge is -2.30. The summed E-state index contributed by atoms with van der Waals surface area (Å²) in [7, 11) is 0. The minimum atomic E-state index is -0.915. The van der Waals surface area contributed by atoms with Crippen LogP contribution in [-0.4, -0.2) is 91.7 Å². The molecular formula is C55H65N7O12. The SMILES string of the molecule is NC(CCCNC(=O)c1c(OCc2ccccc2)c(=O)ccn1CCO)(CCCNC(=O)c1c(OCc2ccccc2)c(=O)ccn1CCO)CCCNC(=O)c1c(OCc2ccccc2)c(=O)ccn1CCO. The molecule has 8 N–H and O–H groups in total. The Labute approximate surface area is 428 Å². The second-order valence-electron chi connectivity index (χ2n) is 17.6. The summed E-state index contributed by atoms with van der Waals surface area (Å²) in [6.07, 6.45) is 6.49. The topological polar surface area (TPSA) is 268 Å². The molecule has 0 unspecified atom stereocenters. The maximum absolute atomic E-state index is 13.8. The van der Waals surface area contributed by atoms with Crippen molar-refractivity contribution in [3.8, 4) is 17.2 Å². The van der Waals surface area contributed by atoms with E-state index in [-0.39, 0.29) is 113 Å². The predicted octanol–water partition coefficient (Wildman–Crippen LogP) is 3.51. The van der Waals surface area contributed by atoms with Crippen LogP contribution in [0.25, 0.3) is 0 Å². The van der Waals surface area contributed by atoms with E-state index in [1.165, 1.54) is 50.5 Å². The number of amides is 3. The molecule has 3 aromatic heterocycles. The van der Waals surface area contributed by atoms with Crippen molar-refractivity contribution in [2.24, 2.45) is 5.73 Å². The summed E-state index contributed by atoms with van der Waals surface area (Å²) in [4.78, 5) is 80.8. The van der Waals surface area contributed by atoms with Crippen LogP contribution in [-0.2, 0) is 39.5 Å². The van der Waals surface area contributed by atoms with Gasteiger partial charge < -0.3 is 64.9 Å². The van der Waals surface area contributed by atoms with Crippen LogP contribution in [0.2, 0.25) is 0 Å². The van der Waals surface area contributed by atoms with Gasteiger partial charge in [0.05, 0.1) is 19.8 Å². The van der Waals surface area contributed by atoms with Gasteiger partial charge >= 0.3 is 0 Å². The van der Waals surface area contributed by atoms with Crippen LogP contribution in [0.1, 0.15) is 86.7 Å². The van der Waals surface area contributed by atoms with Crippen LogP contribution in [0.4, 0.5) is 0 Å². The number of nitrogens with one attached hydrogen (secondary N) is 3. The highest BCUT2D eigenvalue weighted by molar-refractivity contribution is 5.96. The van der Waals surface area contributed by atoms with Crippen molar-refractivity contribution in [3.63, 3.8) is 0 Å². The number of ether oxygens (including phenoxy) is 3. The molecule has 0 atom stereocenters. The summed E-state index contributed by atoms with van der Waals surface area (Å²) in [5.41, 5.74) is 6.99. The molecule has 0 spiro atoms. The lowest BCUT2D eigenvalue weighted by Crippen LogP contribution is -2.42. The molecule has 6 rings (SSSR count). The van der Waals surface area contributed by atoms with Crippen LogP contribution in [0, 0.1) is 0 Å². The Morgan fingerprint density at radius 3 is 0.973 bits per heavy atom. The first-order valence-electron chi connectivity index (χ1n) is 24.6. The van der Waals surface area contributed by atoms with E-state index in [9.17, 15) is 44.1 Å². The van der Waals surface area contributed by atoms with Gasteiger partial charge in [-0.1, -0.05) is 91.0 Å². The van der Waals surface area contributed by atoms with Crippen molar-refractivity contribution < 1.29 is 43.9 Å². The number of carbonyl (C=O) groups excluding carboxylic acids is 3. The van der Waals surface area contributed by atoms with E-state index >= 15 is 0 Å². The number of nitrogens with zero attached hydrogens (tertiary/aromatic N) is 3. The zero-order valence-electron chi connectivity index (χ0n) is 41.3. The van der Waals surface area contributed by atoms with Gasteiger partial charge in [-0.25, -0.2) is 0 Å². The van der Waals surface area contributed by atoms with Crippen molar-refractivity contribution in [2.75, 3.05) is 39.5 Å². The van der Waals surface area contributed by atoms with Crippen molar-refractivity contribution in [1.29, 1.82) is 0 Å². The zero-order chi connectivity index (χ0) is 52.7. The Morgan fingerprint density at radius 1 is 0.446 bits per heavy atom. The third kappa shape index (κ3) is 15.8. The summed E-state index contributed by atoms with van der Waals surface area (Å²) < 4.78 is 22.1. The first-order chi connectivity index (χ1) is 35.9. The number of carbonyl (C=O) groups is 3. The van der Waals surface area contributed by atoms with Crippen LogP contribution in [0.15, 0.2) is 142 Å². The third-order valence-electron chi connectivity index (χ3n) is 12.2. The van der Waals surface area contributed by atoms with Gasteiger partial charge in [-0.3, -0.25) is 28.8 Å². The second kappa shape index (κ2) is 28.4. The molecule has 3 aromatic carbocycles. The third-order valence-corrected chi connectivity index (χ3v) is 12.2. The van der Waals surface area contributed by atoms with Gasteiger partial charge in [0, 0.05) is 81.6 Å². The average Bonchev–Trinajstić information content (AvgIpc) is 3.41. The Morgan fingerprint density at radius 2 is 0.716 bits per heavy atom. The molecular weight excluding hydrogens is 951 g/mol. The average molecular weight is 1020 g/mol. The van der Waals surface area contributed by atoms with Crippen molar-refractivity contribution in [3.05, 3.63) is 192 Å². The minimum Gasteiger partial charge on any atom is -0.483 e. The highest BCUT2D eigenvalue weighted by Crippen LogP contribution is 2.24.